The summed E-state index contributed by atoms with van der Waals surface area (Å²) < 4.78 is 37.0. The Labute approximate surface area is 163 Å². The Bertz CT molecular complexity index is 508. The van der Waals surface area contributed by atoms with Gasteiger partial charge in [0.15, 0.2) is 0 Å². The first-order valence-electron chi connectivity index (χ1n) is 8.66. The van der Waals surface area contributed by atoms with Crippen molar-refractivity contribution in [3.8, 4) is 0 Å². The third-order valence-corrected chi connectivity index (χ3v) is 6.32. The molecule has 0 aliphatic carbocycles. The number of nitrogens with one attached hydrogen (secondary N) is 1. The van der Waals surface area contributed by atoms with Gasteiger partial charge in [0.1, 0.15) is 0 Å². The molecule has 0 amide bonds. The van der Waals surface area contributed by atoms with Crippen molar-refractivity contribution in [3.05, 3.63) is 0 Å². The topological polar surface area (TPSA) is 188 Å². The van der Waals surface area contributed by atoms with E-state index in [0.29, 0.717) is 0 Å². The molecule has 2 aliphatic heterocycles. The van der Waals surface area contributed by atoms with E-state index in [1.165, 1.54) is 21.3 Å². The van der Waals surface area contributed by atoms with Crippen molar-refractivity contribution >= 4 is 8.17 Å². The van der Waals surface area contributed by atoms with Crippen molar-refractivity contribution < 1.29 is 47.6 Å². The third kappa shape index (κ3) is 5.39. The molecule has 2 saturated heterocycles. The van der Waals surface area contributed by atoms with Gasteiger partial charge in [-0.05, 0) is 0 Å². The van der Waals surface area contributed by atoms with Gasteiger partial charge in [-0.15, -0.1) is 0 Å². The monoisotopic (exact) mass is 431 g/mol. The normalized spacial score (nSPS) is 39.8. The number of hydrogen-bond acceptors (Lipinski definition) is 13. The van der Waals surface area contributed by atoms with Gasteiger partial charge in [-0.2, -0.15) is 0 Å². The Hall–Kier alpha value is -0.410. The minimum atomic E-state index is -4.24. The molecule has 2 heterocycles. The van der Waals surface area contributed by atoms with Gasteiger partial charge in [0, 0.05) is 0 Å². The van der Waals surface area contributed by atoms with E-state index in [1.807, 2.05) is 0 Å². The van der Waals surface area contributed by atoms with Crippen LogP contribution in [-0.2, 0) is 32.5 Å². The standard InChI is InChI=1S/C14H30N3O10P/c1-21-4-7-5-24-13(15)9(18)11(7)27-28(20,23-3)25-6-8-12(22-2)10(19)14(17-16)26-8/h7-14,16,18-20,28H,4-6,15H2,1-3H3/t7-,8+,9-,10?,11?,12?,13?,14+/m0/s1. The number of nitrogens with zero attached hydrogens (tertiary/aromatic N) is 1. The van der Waals surface area contributed by atoms with Crippen LogP contribution in [0, 0.1) is 11.4 Å². The van der Waals surface area contributed by atoms with Crippen LogP contribution < -0.4 is 5.73 Å². The molecule has 8 atom stereocenters. The Morgan fingerprint density at radius 1 is 1.18 bits per heavy atom. The van der Waals surface area contributed by atoms with Crippen molar-refractivity contribution in [2.45, 2.75) is 43.0 Å². The van der Waals surface area contributed by atoms with Crippen LogP contribution in [0.15, 0.2) is 5.11 Å². The van der Waals surface area contributed by atoms with Crippen LogP contribution in [0.1, 0.15) is 0 Å². The fraction of sp³-hybridized carbons (Fsp3) is 1.00. The van der Waals surface area contributed by atoms with E-state index in [2.05, 4.69) is 5.11 Å². The van der Waals surface area contributed by atoms with E-state index in [0.717, 1.165) is 0 Å². The van der Waals surface area contributed by atoms with Crippen LogP contribution in [0.25, 0.3) is 0 Å². The summed E-state index contributed by atoms with van der Waals surface area (Å²) in [6, 6.07) is 0. The Morgan fingerprint density at radius 2 is 1.89 bits per heavy atom. The van der Waals surface area contributed by atoms with E-state index in [1.54, 1.807) is 0 Å². The van der Waals surface area contributed by atoms with Crippen LogP contribution >= 0.6 is 8.17 Å². The Balaban J connectivity index is 2.04. The molecule has 2 fully saturated rings. The summed E-state index contributed by atoms with van der Waals surface area (Å²) in [5.74, 6) is -0.416. The summed E-state index contributed by atoms with van der Waals surface area (Å²) in [5.41, 5.74) is 12.7. The molecule has 0 aromatic heterocycles. The fourth-order valence-corrected chi connectivity index (χ4v) is 4.50. The summed E-state index contributed by atoms with van der Waals surface area (Å²) in [5, 5.41) is 23.5. The summed E-state index contributed by atoms with van der Waals surface area (Å²) in [6.07, 6.45) is -7.10. The van der Waals surface area contributed by atoms with Crippen molar-refractivity contribution in [1.29, 1.82) is 5.53 Å². The summed E-state index contributed by atoms with van der Waals surface area (Å²) >= 11 is 0. The maximum absolute atomic E-state index is 10.7. The number of nitrogens with two attached hydrogens (primary N) is 1. The fourth-order valence-electron chi connectivity index (χ4n) is 3.17. The average Bonchev–Trinajstić information content (AvgIpc) is 3.00. The van der Waals surface area contributed by atoms with E-state index in [-0.39, 0.29) is 19.8 Å². The Kier molecular flexibility index (Phi) is 9.01. The number of aliphatic hydroxyl groups excluding tert-OH is 2. The van der Waals surface area contributed by atoms with Gasteiger partial charge in [-0.3, -0.25) is 0 Å². The molecule has 0 saturated carbocycles. The SMILES string of the molecule is COC[C@H]1COC(N)[C@@H](O)C1O[PH](O)(OC)OC[C@H]1O[C@@H](N=N)C(O)C1OC. The van der Waals surface area contributed by atoms with Gasteiger partial charge < -0.3 is 0 Å². The molecule has 0 aromatic rings. The minimum absolute atomic E-state index is 0.154. The van der Waals surface area contributed by atoms with Crippen LogP contribution in [0.4, 0.5) is 0 Å². The molecule has 28 heavy (non-hydrogen) atoms. The maximum atomic E-state index is 10.7. The molecular weight excluding hydrogens is 401 g/mol. The molecule has 2 rings (SSSR count). The molecule has 2 aliphatic rings. The van der Waals surface area contributed by atoms with E-state index in [4.69, 9.17) is 43.8 Å². The van der Waals surface area contributed by atoms with Crippen molar-refractivity contribution in [1.82, 2.24) is 0 Å². The zero-order chi connectivity index (χ0) is 20.9. The molecule has 0 spiro atoms. The first kappa shape index (κ1) is 23.9. The number of methoxy groups -OCH3 is 2. The Morgan fingerprint density at radius 3 is 2.46 bits per heavy atom. The zero-order valence-corrected chi connectivity index (χ0v) is 17.0. The van der Waals surface area contributed by atoms with Gasteiger partial charge >= 0.3 is 162 Å². The summed E-state index contributed by atoms with van der Waals surface area (Å²) in [4.78, 5) is 10.7. The molecule has 14 heteroatoms. The summed E-state index contributed by atoms with van der Waals surface area (Å²) in [7, 11) is -0.196. The first-order chi connectivity index (χ1) is 13.3. The molecule has 0 aromatic carbocycles. The average molecular weight is 431 g/mol. The molecule has 0 bridgehead atoms. The summed E-state index contributed by atoms with van der Waals surface area (Å²) in [6.45, 7) is 0.0821. The molecule has 4 unspecified atom stereocenters. The van der Waals surface area contributed by atoms with E-state index in [9.17, 15) is 15.1 Å². The van der Waals surface area contributed by atoms with Gasteiger partial charge in [-0.1, -0.05) is 0 Å². The van der Waals surface area contributed by atoms with Gasteiger partial charge in [0.2, 0.25) is 0 Å². The van der Waals surface area contributed by atoms with Crippen LogP contribution in [0.2, 0.25) is 0 Å². The molecule has 0 radical (unpaired) electrons. The zero-order valence-electron chi connectivity index (χ0n) is 16.0. The quantitative estimate of drug-likeness (QED) is 0.200. The second-order valence-corrected chi connectivity index (χ2v) is 8.49. The van der Waals surface area contributed by atoms with Gasteiger partial charge in [0.05, 0.1) is 0 Å². The van der Waals surface area contributed by atoms with Gasteiger partial charge in [0.25, 0.3) is 0 Å². The van der Waals surface area contributed by atoms with E-state index >= 15 is 0 Å². The number of aliphatic hydroxyl groups is 2. The predicted octanol–water partition coefficient (Wildman–Crippen LogP) is -1.49. The van der Waals surface area contributed by atoms with Crippen LogP contribution in [0.3, 0.4) is 0 Å². The first-order valence-corrected chi connectivity index (χ1v) is 10.3. The van der Waals surface area contributed by atoms with Crippen molar-refractivity contribution in [2.75, 3.05) is 41.2 Å². The van der Waals surface area contributed by atoms with Crippen molar-refractivity contribution in [3.63, 3.8) is 0 Å². The predicted molar refractivity (Wildman–Crippen MR) is 94.3 cm³/mol. The number of rotatable bonds is 10. The third-order valence-electron chi connectivity index (χ3n) is 4.70. The number of hydrogen-bond donors (Lipinski definition) is 5. The second kappa shape index (κ2) is 10.6. The molecule has 166 valence electrons. The molecule has 13 nitrogen and oxygen atoms in total. The molecule has 6 N–H and O–H groups in total. The van der Waals surface area contributed by atoms with Crippen LogP contribution in [0.5, 0.6) is 0 Å². The second-order valence-electron chi connectivity index (χ2n) is 6.51. The van der Waals surface area contributed by atoms with Crippen LogP contribution in [-0.4, -0.2) is 99.2 Å². The van der Waals surface area contributed by atoms with Gasteiger partial charge in [-0.25, -0.2) is 0 Å². The molecular formula is C14H30N3O10P. The van der Waals surface area contributed by atoms with Crippen molar-refractivity contribution in [2.24, 2.45) is 16.8 Å². The van der Waals surface area contributed by atoms with E-state index < -0.39 is 57.1 Å². The number of ether oxygens (including phenoxy) is 4.